The third-order valence-electron chi connectivity index (χ3n) is 4.62. The van der Waals surface area contributed by atoms with Gasteiger partial charge in [-0.05, 0) is 12.8 Å². The summed E-state index contributed by atoms with van der Waals surface area (Å²) >= 11 is 0. The summed E-state index contributed by atoms with van der Waals surface area (Å²) in [5.41, 5.74) is -0.736. The molecule has 2 nitrogen and oxygen atoms in total. The van der Waals surface area contributed by atoms with Crippen molar-refractivity contribution in [1.29, 1.82) is 0 Å². The zero-order valence-corrected chi connectivity index (χ0v) is 11.2. The Balaban J connectivity index is 1.89. The van der Waals surface area contributed by atoms with Crippen molar-refractivity contribution < 1.29 is 27.1 Å². The monoisotopic (exact) mass is 302 g/mol. The van der Waals surface area contributed by atoms with Crippen molar-refractivity contribution in [3.63, 3.8) is 0 Å². The number of ketones is 1. The van der Waals surface area contributed by atoms with E-state index in [1.807, 2.05) is 0 Å². The Hall–Kier alpha value is -1.59. The van der Waals surface area contributed by atoms with E-state index in [1.165, 1.54) is 0 Å². The zero-order chi connectivity index (χ0) is 15.2. The van der Waals surface area contributed by atoms with Crippen molar-refractivity contribution in [2.45, 2.75) is 44.6 Å². The van der Waals surface area contributed by atoms with Gasteiger partial charge in [0.25, 0.3) is 0 Å². The molecule has 0 saturated heterocycles. The van der Waals surface area contributed by atoms with E-state index >= 15 is 0 Å². The maximum Gasteiger partial charge on any atom is 0.203 e. The third kappa shape index (κ3) is 2.12. The summed E-state index contributed by atoms with van der Waals surface area (Å²) in [5.74, 6) is -7.18. The summed E-state index contributed by atoms with van der Waals surface area (Å²) in [7, 11) is 0. The van der Waals surface area contributed by atoms with Gasteiger partial charge in [0.05, 0.1) is 5.41 Å². The number of rotatable bonds is 2. The molecule has 0 amide bonds. The first kappa shape index (κ1) is 14.4. The lowest BCUT2D eigenvalue weighted by atomic mass is 9.57. The lowest BCUT2D eigenvalue weighted by Gasteiger charge is -2.49. The predicted octanol–water partition coefficient (Wildman–Crippen LogP) is 3.91. The summed E-state index contributed by atoms with van der Waals surface area (Å²) in [6.45, 7) is 0. The number of benzene rings is 1. The highest BCUT2D eigenvalue weighted by atomic mass is 19.2. The number of halogens is 4. The molecule has 114 valence electrons. The van der Waals surface area contributed by atoms with E-state index in [2.05, 4.69) is 0 Å². The molecule has 21 heavy (non-hydrogen) atoms. The third-order valence-corrected chi connectivity index (χ3v) is 4.62. The van der Waals surface area contributed by atoms with Crippen LogP contribution in [0.3, 0.4) is 0 Å². The Labute approximate surface area is 119 Å². The molecular weight excluding hydrogens is 288 g/mol. The van der Waals surface area contributed by atoms with Gasteiger partial charge in [-0.3, -0.25) is 4.79 Å². The van der Waals surface area contributed by atoms with E-state index in [1.54, 1.807) is 0 Å². The van der Waals surface area contributed by atoms with Gasteiger partial charge in [0.15, 0.2) is 17.4 Å². The second-order valence-corrected chi connectivity index (χ2v) is 5.75. The van der Waals surface area contributed by atoms with E-state index in [9.17, 15) is 22.4 Å². The molecule has 0 aromatic heterocycles. The molecule has 1 aromatic carbocycles. The molecule has 0 bridgehead atoms. The Bertz CT molecular complexity index is 568. The number of hydrogen-bond acceptors (Lipinski definition) is 2. The normalized spacial score (nSPS) is 24.0. The lowest BCUT2D eigenvalue weighted by molar-refractivity contribution is -0.157. The van der Waals surface area contributed by atoms with Crippen LogP contribution in [0.2, 0.25) is 0 Å². The van der Waals surface area contributed by atoms with Crippen LogP contribution in [0.15, 0.2) is 6.07 Å². The number of hydrogen-bond donors (Lipinski definition) is 0. The van der Waals surface area contributed by atoms with Crippen LogP contribution in [-0.4, -0.2) is 11.9 Å². The average molecular weight is 302 g/mol. The van der Waals surface area contributed by atoms with Gasteiger partial charge in [-0.25, -0.2) is 8.78 Å². The summed E-state index contributed by atoms with van der Waals surface area (Å²) in [6.07, 6.45) is 3.18. The fourth-order valence-electron chi connectivity index (χ4n) is 3.35. The number of carbonyl (C=O) groups is 1. The van der Waals surface area contributed by atoms with E-state index < -0.39 is 40.5 Å². The second-order valence-electron chi connectivity index (χ2n) is 5.75. The first-order valence-electron chi connectivity index (χ1n) is 6.98. The molecule has 0 radical (unpaired) electrons. The lowest BCUT2D eigenvalue weighted by Crippen LogP contribution is -2.57. The average Bonchev–Trinajstić information content (AvgIpc) is 2.49. The number of Topliss-reactive ketones (excluding diaryl/α,β-unsaturated/α-hetero) is 1. The van der Waals surface area contributed by atoms with Gasteiger partial charge in [0.2, 0.25) is 11.6 Å². The first-order valence-corrected chi connectivity index (χ1v) is 6.98. The summed E-state index contributed by atoms with van der Waals surface area (Å²) in [5, 5.41) is 0. The van der Waals surface area contributed by atoms with Crippen molar-refractivity contribution in [2.75, 3.05) is 0 Å². The topological polar surface area (TPSA) is 26.3 Å². The molecule has 1 spiro atoms. The van der Waals surface area contributed by atoms with Crippen LogP contribution in [-0.2, 0) is 4.79 Å². The predicted molar refractivity (Wildman–Crippen MR) is 65.8 cm³/mol. The molecule has 2 fully saturated rings. The van der Waals surface area contributed by atoms with E-state index in [-0.39, 0.29) is 18.3 Å². The van der Waals surface area contributed by atoms with Crippen LogP contribution in [0, 0.1) is 28.7 Å². The van der Waals surface area contributed by atoms with E-state index in [0.717, 1.165) is 19.3 Å². The molecule has 1 atom stereocenters. The Morgan fingerprint density at radius 3 is 2.10 bits per heavy atom. The largest absolute Gasteiger partial charge is 0.483 e. The van der Waals surface area contributed by atoms with Crippen molar-refractivity contribution in [1.82, 2.24) is 0 Å². The first-order chi connectivity index (χ1) is 9.95. The molecule has 2 aliphatic carbocycles. The maximum atomic E-state index is 13.6. The minimum absolute atomic E-state index is 0.00453. The summed E-state index contributed by atoms with van der Waals surface area (Å²) in [4.78, 5) is 11.9. The second kappa shape index (κ2) is 5.00. The minimum atomic E-state index is -1.56. The number of carbonyl (C=O) groups excluding carboxylic acids is 1. The van der Waals surface area contributed by atoms with Gasteiger partial charge in [-0.1, -0.05) is 19.3 Å². The van der Waals surface area contributed by atoms with Crippen molar-refractivity contribution in [3.05, 3.63) is 29.3 Å². The summed E-state index contributed by atoms with van der Waals surface area (Å²) < 4.78 is 58.8. The Morgan fingerprint density at radius 2 is 1.57 bits per heavy atom. The quantitative estimate of drug-likeness (QED) is 0.611. The standard InChI is InChI=1S/C15H14F4O2/c16-8-6-9(17)13(19)14(12(8)18)21-11-7-10(20)15(11)4-2-1-3-5-15/h6,11H,1-5,7H2. The van der Waals surface area contributed by atoms with Crippen LogP contribution < -0.4 is 4.74 Å². The highest BCUT2D eigenvalue weighted by molar-refractivity contribution is 5.92. The molecule has 6 heteroatoms. The van der Waals surface area contributed by atoms with E-state index in [0.29, 0.717) is 12.8 Å². The van der Waals surface area contributed by atoms with E-state index in [4.69, 9.17) is 4.74 Å². The SMILES string of the molecule is O=C1CC(Oc2c(F)c(F)cc(F)c2F)C12CCCCC2. The van der Waals surface area contributed by atoms with Crippen LogP contribution in [0.5, 0.6) is 5.75 Å². The van der Waals surface area contributed by atoms with Crippen molar-refractivity contribution >= 4 is 5.78 Å². The maximum absolute atomic E-state index is 13.6. The van der Waals surface area contributed by atoms with Crippen molar-refractivity contribution in [2.24, 2.45) is 5.41 Å². The zero-order valence-electron chi connectivity index (χ0n) is 11.2. The van der Waals surface area contributed by atoms with Crippen LogP contribution >= 0.6 is 0 Å². The van der Waals surface area contributed by atoms with Crippen LogP contribution in [0.25, 0.3) is 0 Å². The van der Waals surface area contributed by atoms with Gasteiger partial charge in [0, 0.05) is 12.5 Å². The molecule has 2 aliphatic rings. The fraction of sp³-hybridized carbons (Fsp3) is 0.533. The van der Waals surface area contributed by atoms with Gasteiger partial charge in [0.1, 0.15) is 11.9 Å². The molecule has 2 saturated carbocycles. The number of ether oxygens (including phenoxy) is 1. The van der Waals surface area contributed by atoms with Gasteiger partial charge >= 0.3 is 0 Å². The van der Waals surface area contributed by atoms with Crippen LogP contribution in [0.1, 0.15) is 38.5 Å². The molecule has 0 aliphatic heterocycles. The molecular formula is C15H14F4O2. The highest BCUT2D eigenvalue weighted by Gasteiger charge is 2.56. The minimum Gasteiger partial charge on any atom is -0.483 e. The Morgan fingerprint density at radius 1 is 1.00 bits per heavy atom. The van der Waals surface area contributed by atoms with Gasteiger partial charge in [-0.2, -0.15) is 8.78 Å². The Kier molecular flexibility index (Phi) is 3.42. The molecule has 1 aromatic rings. The highest BCUT2D eigenvalue weighted by Crippen LogP contribution is 2.51. The van der Waals surface area contributed by atoms with Crippen molar-refractivity contribution in [3.8, 4) is 5.75 Å². The van der Waals surface area contributed by atoms with Gasteiger partial charge in [-0.15, -0.1) is 0 Å². The molecule has 3 rings (SSSR count). The van der Waals surface area contributed by atoms with Gasteiger partial charge < -0.3 is 4.74 Å². The van der Waals surface area contributed by atoms with Crippen LogP contribution in [0.4, 0.5) is 17.6 Å². The summed E-state index contributed by atoms with van der Waals surface area (Å²) in [6, 6.07) is 0.139. The molecule has 0 heterocycles. The fourth-order valence-corrected chi connectivity index (χ4v) is 3.35. The molecule has 1 unspecified atom stereocenters. The smallest absolute Gasteiger partial charge is 0.203 e. The molecule has 0 N–H and O–H groups in total.